The average molecular weight is 356 g/mol. The van der Waals surface area contributed by atoms with E-state index in [4.69, 9.17) is 4.74 Å². The van der Waals surface area contributed by atoms with Gasteiger partial charge in [-0.25, -0.2) is 4.98 Å². The highest BCUT2D eigenvalue weighted by molar-refractivity contribution is 5.83. The van der Waals surface area contributed by atoms with Crippen LogP contribution in [0.15, 0.2) is 36.9 Å². The predicted octanol–water partition coefficient (Wildman–Crippen LogP) is 0.320. The second-order valence-electron chi connectivity index (χ2n) is 6.78. The summed E-state index contributed by atoms with van der Waals surface area (Å²) in [6.07, 6.45) is 2.85. The molecular weight excluding hydrogens is 332 g/mol. The molecule has 0 unspecified atom stereocenters. The fraction of sp³-hybridized carbons (Fsp3) is 0.500. The van der Waals surface area contributed by atoms with Crippen LogP contribution < -0.4 is 9.64 Å². The van der Waals surface area contributed by atoms with Gasteiger partial charge in [-0.3, -0.25) is 14.4 Å². The topological polar surface area (TPSA) is 66.7 Å². The van der Waals surface area contributed by atoms with E-state index in [-0.39, 0.29) is 5.91 Å². The molecule has 0 N–H and O–H groups in total. The summed E-state index contributed by atoms with van der Waals surface area (Å²) in [6, 6.07) is 7.87. The number of hydrogen-bond acceptors (Lipinski definition) is 6. The third-order valence-corrected chi connectivity index (χ3v) is 5.06. The quantitative estimate of drug-likeness (QED) is 0.786. The molecule has 2 aliphatic rings. The Labute approximate surface area is 153 Å². The van der Waals surface area contributed by atoms with E-state index in [0.717, 1.165) is 50.7 Å². The highest BCUT2D eigenvalue weighted by Crippen LogP contribution is 2.32. The Morgan fingerprint density at radius 3 is 2.77 bits per heavy atom. The zero-order chi connectivity index (χ0) is 17.9. The van der Waals surface area contributed by atoms with Gasteiger partial charge in [0.25, 0.3) is 5.91 Å². The molecule has 0 aliphatic carbocycles. The van der Waals surface area contributed by atoms with Crippen molar-refractivity contribution in [2.24, 2.45) is 0 Å². The normalized spacial score (nSPS) is 20.6. The van der Waals surface area contributed by atoms with Crippen LogP contribution in [0.4, 0.5) is 5.69 Å². The second kappa shape index (κ2) is 7.33. The molecule has 1 aromatic heterocycles. The van der Waals surface area contributed by atoms with Crippen LogP contribution in [-0.4, -0.2) is 82.9 Å². The van der Waals surface area contributed by atoms with E-state index in [1.807, 2.05) is 40.9 Å². The smallest absolute Gasteiger partial charge is 0.265 e. The van der Waals surface area contributed by atoms with E-state index in [0.29, 0.717) is 6.54 Å². The van der Waals surface area contributed by atoms with Gasteiger partial charge < -0.3 is 14.5 Å². The van der Waals surface area contributed by atoms with Crippen LogP contribution in [0.1, 0.15) is 0 Å². The first-order chi connectivity index (χ1) is 12.7. The van der Waals surface area contributed by atoms with Gasteiger partial charge in [0.15, 0.2) is 6.10 Å². The fourth-order valence-electron chi connectivity index (χ4n) is 3.53. The Morgan fingerprint density at radius 1 is 1.19 bits per heavy atom. The van der Waals surface area contributed by atoms with Crippen molar-refractivity contribution in [1.82, 2.24) is 24.6 Å². The highest BCUT2D eigenvalue weighted by atomic mass is 16.5. The van der Waals surface area contributed by atoms with Gasteiger partial charge in [0.2, 0.25) is 0 Å². The Hall–Kier alpha value is -2.61. The number of amides is 1. The van der Waals surface area contributed by atoms with Gasteiger partial charge in [-0.2, -0.15) is 5.10 Å². The molecular formula is C18H24N6O2. The lowest BCUT2D eigenvalue weighted by atomic mass is 10.1. The van der Waals surface area contributed by atoms with Gasteiger partial charge in [-0.1, -0.05) is 12.1 Å². The Morgan fingerprint density at radius 2 is 2.00 bits per heavy atom. The van der Waals surface area contributed by atoms with Crippen LogP contribution in [0.3, 0.4) is 0 Å². The number of aromatic nitrogens is 3. The van der Waals surface area contributed by atoms with Crippen molar-refractivity contribution in [3.63, 3.8) is 0 Å². The van der Waals surface area contributed by atoms with Crippen LogP contribution in [0, 0.1) is 0 Å². The Bertz CT molecular complexity index is 742. The number of hydrogen-bond donors (Lipinski definition) is 0. The van der Waals surface area contributed by atoms with Gasteiger partial charge >= 0.3 is 0 Å². The molecule has 0 radical (unpaired) electrons. The number of benzene rings is 1. The Kier molecular flexibility index (Phi) is 4.75. The molecule has 0 bridgehead atoms. The molecule has 8 heteroatoms. The van der Waals surface area contributed by atoms with Crippen LogP contribution in [0.2, 0.25) is 0 Å². The third-order valence-electron chi connectivity index (χ3n) is 5.06. The number of carbonyl (C=O) groups excluding carboxylic acids is 1. The summed E-state index contributed by atoms with van der Waals surface area (Å²) in [6.45, 7) is 5.55. The summed E-state index contributed by atoms with van der Waals surface area (Å²) in [5.41, 5.74) is 1.04. The van der Waals surface area contributed by atoms with Crippen LogP contribution in [-0.2, 0) is 11.3 Å². The maximum atomic E-state index is 12.9. The molecule has 3 heterocycles. The molecule has 26 heavy (non-hydrogen) atoms. The molecule has 1 saturated heterocycles. The number of likely N-dealkylation sites (N-methyl/N-ethyl adjacent to an activating group) is 1. The Balaban J connectivity index is 1.30. The van der Waals surface area contributed by atoms with Crippen LogP contribution >= 0.6 is 0 Å². The van der Waals surface area contributed by atoms with Crippen molar-refractivity contribution in [3.8, 4) is 5.75 Å². The maximum absolute atomic E-state index is 12.9. The minimum absolute atomic E-state index is 0.0854. The van der Waals surface area contributed by atoms with Crippen molar-refractivity contribution in [1.29, 1.82) is 0 Å². The van der Waals surface area contributed by atoms with E-state index in [2.05, 4.69) is 19.9 Å². The molecule has 2 aromatic rings. The summed E-state index contributed by atoms with van der Waals surface area (Å²) in [4.78, 5) is 23.2. The number of carbonyl (C=O) groups is 1. The molecule has 2 aliphatic heterocycles. The van der Waals surface area contributed by atoms with Crippen LogP contribution in [0.5, 0.6) is 5.75 Å². The number of piperazine rings is 1. The van der Waals surface area contributed by atoms with Crippen molar-refractivity contribution >= 4 is 11.6 Å². The number of anilines is 1. The molecule has 8 nitrogen and oxygen atoms in total. The van der Waals surface area contributed by atoms with E-state index < -0.39 is 6.10 Å². The predicted molar refractivity (Wildman–Crippen MR) is 97.2 cm³/mol. The summed E-state index contributed by atoms with van der Waals surface area (Å²) in [5, 5.41) is 4.12. The molecule has 1 fully saturated rings. The summed E-state index contributed by atoms with van der Waals surface area (Å²) in [5.74, 6) is 0.869. The molecule has 1 aromatic carbocycles. The van der Waals surface area contributed by atoms with Crippen LogP contribution in [0.25, 0.3) is 0 Å². The number of ether oxygens (including phenoxy) is 1. The standard InChI is InChI=1S/C18H24N6O2/c1-21-12-17(26-16-5-3-2-4-15(16)21)18(25)23-9-6-22(7-10-23)8-11-24-14-19-13-20-24/h2-5,13-14,17H,6-12H2,1H3/t17-/m0/s1. The second-order valence-corrected chi connectivity index (χ2v) is 6.78. The zero-order valence-corrected chi connectivity index (χ0v) is 15.0. The molecule has 1 atom stereocenters. The number of para-hydroxylation sites is 2. The maximum Gasteiger partial charge on any atom is 0.265 e. The number of fused-ring (bicyclic) bond motifs is 1. The highest BCUT2D eigenvalue weighted by Gasteiger charge is 2.33. The summed E-state index contributed by atoms with van der Waals surface area (Å²) >= 11 is 0. The fourth-order valence-corrected chi connectivity index (χ4v) is 3.53. The lowest BCUT2D eigenvalue weighted by Gasteiger charge is -2.39. The minimum atomic E-state index is -0.434. The van der Waals surface area contributed by atoms with Crippen molar-refractivity contribution in [2.75, 3.05) is 51.2 Å². The summed E-state index contributed by atoms with van der Waals surface area (Å²) < 4.78 is 7.81. The lowest BCUT2D eigenvalue weighted by molar-refractivity contribution is -0.140. The zero-order valence-electron chi connectivity index (χ0n) is 15.0. The van der Waals surface area contributed by atoms with Gasteiger partial charge in [0.1, 0.15) is 18.4 Å². The molecule has 0 saturated carbocycles. The van der Waals surface area contributed by atoms with E-state index >= 15 is 0 Å². The van der Waals surface area contributed by atoms with E-state index in [9.17, 15) is 4.79 Å². The van der Waals surface area contributed by atoms with E-state index in [1.165, 1.54) is 0 Å². The van der Waals surface area contributed by atoms with Crippen molar-refractivity contribution in [2.45, 2.75) is 12.6 Å². The monoisotopic (exact) mass is 356 g/mol. The molecule has 1 amide bonds. The first kappa shape index (κ1) is 16.8. The van der Waals surface area contributed by atoms with E-state index in [1.54, 1.807) is 12.7 Å². The average Bonchev–Trinajstić information content (AvgIpc) is 3.20. The van der Waals surface area contributed by atoms with Gasteiger partial charge in [0.05, 0.1) is 18.8 Å². The lowest BCUT2D eigenvalue weighted by Crippen LogP contribution is -2.55. The third kappa shape index (κ3) is 3.50. The largest absolute Gasteiger partial charge is 0.477 e. The SMILES string of the molecule is CN1C[C@@H](C(=O)N2CCN(CCn3cncn3)CC2)Oc2ccccc21. The number of rotatable bonds is 4. The summed E-state index contributed by atoms with van der Waals surface area (Å²) in [7, 11) is 2.00. The molecule has 138 valence electrons. The first-order valence-electron chi connectivity index (χ1n) is 9.01. The molecule has 0 spiro atoms. The van der Waals surface area contributed by atoms with Gasteiger partial charge in [-0.05, 0) is 12.1 Å². The van der Waals surface area contributed by atoms with Crippen molar-refractivity contribution < 1.29 is 9.53 Å². The first-order valence-corrected chi connectivity index (χ1v) is 9.01. The molecule has 4 rings (SSSR count). The van der Waals surface area contributed by atoms with Gasteiger partial charge in [-0.15, -0.1) is 0 Å². The number of nitrogens with zero attached hydrogens (tertiary/aromatic N) is 6. The minimum Gasteiger partial charge on any atom is -0.477 e. The van der Waals surface area contributed by atoms with Gasteiger partial charge in [0, 0.05) is 39.8 Å². The van der Waals surface area contributed by atoms with Crippen molar-refractivity contribution in [3.05, 3.63) is 36.9 Å².